The summed E-state index contributed by atoms with van der Waals surface area (Å²) in [4.78, 5) is 0. The Kier molecular flexibility index (Phi) is 30.0. The van der Waals surface area contributed by atoms with Crippen molar-refractivity contribution in [3.8, 4) is 56.2 Å². The fourth-order valence-electron chi connectivity index (χ4n) is 26.4. The Hall–Kier alpha value is -8.51. The van der Waals surface area contributed by atoms with Gasteiger partial charge >= 0.3 is 0 Å². The van der Waals surface area contributed by atoms with E-state index in [4.69, 9.17) is 0 Å². The Morgan fingerprint density at radius 2 is 0.489 bits per heavy atom. The van der Waals surface area contributed by atoms with Gasteiger partial charge in [-0.2, -0.15) is 0 Å². The topological polar surface area (TPSA) is 15.5 Å². The molecule has 4 nitrogen and oxygen atoms in total. The van der Waals surface area contributed by atoms with Crippen LogP contribution in [0.3, 0.4) is 0 Å². The lowest BCUT2D eigenvalue weighted by Crippen LogP contribution is -2.31. The fourth-order valence-corrected chi connectivity index (χ4v) is 36.5. The number of nitrogens with zero attached hydrogens (tertiary/aromatic N) is 4. The summed E-state index contributed by atoms with van der Waals surface area (Å²) in [6.07, 6.45) is 47.9. The Morgan fingerprint density at radius 1 is 0.215 bits per heavy atom. The summed E-state index contributed by atoms with van der Waals surface area (Å²) in [5.41, 5.74) is 33.5. The maximum absolute atomic E-state index is 2.67. The monoisotopic (exact) mass is 1860 g/mol. The van der Waals surface area contributed by atoms with E-state index in [1.165, 1.54) is 355 Å². The molecule has 4 aromatic heterocycles. The van der Waals surface area contributed by atoms with Crippen LogP contribution in [0.4, 0.5) is 0 Å². The lowest BCUT2D eigenvalue weighted by atomic mass is 9.76. The first-order chi connectivity index (χ1) is 65.0. The number of aryl methyl sites for hydroxylation is 7. The lowest BCUT2D eigenvalue weighted by Gasteiger charge is -2.33. The molecule has 13 aromatic rings. The van der Waals surface area contributed by atoms with Crippen LogP contribution in [0.2, 0.25) is 101 Å². The highest BCUT2D eigenvalue weighted by Crippen LogP contribution is 2.50. The highest BCUT2D eigenvalue weighted by Gasteiger charge is 2.37. The molecule has 8 fully saturated rings. The largest absolute Gasteiger partial charge is 0.220 e. The predicted molar refractivity (Wildman–Crippen MR) is 591 cm³/mol. The van der Waals surface area contributed by atoms with E-state index in [0.29, 0.717) is 0 Å². The maximum Gasteiger partial charge on any atom is 0.220 e. The smallest absolute Gasteiger partial charge is 0.200 e. The molecular weight excluding hydrogens is 1690 g/mol. The number of pyridine rings is 4. The summed E-state index contributed by atoms with van der Waals surface area (Å²) in [5.74, 6) is 5.98. The van der Waals surface area contributed by atoms with E-state index in [9.17, 15) is 0 Å². The van der Waals surface area contributed by atoms with E-state index in [1.54, 1.807) is 44.5 Å². The molecule has 0 spiro atoms. The molecule has 135 heavy (non-hydrogen) atoms. The van der Waals surface area contributed by atoms with Crippen molar-refractivity contribution in [2.45, 2.75) is 362 Å². The van der Waals surface area contributed by atoms with E-state index in [0.717, 1.165) is 47.3 Å². The quantitative estimate of drug-likeness (QED) is 0.0808. The molecule has 4 saturated heterocycles. The average Bonchev–Trinajstić information content (AvgIpc) is 0.775. The summed E-state index contributed by atoms with van der Waals surface area (Å²) in [6, 6.07) is 85.8. The van der Waals surface area contributed by atoms with Crippen molar-refractivity contribution in [1.29, 1.82) is 0 Å². The SMILES string of the molecule is Cc1c(-c2c3ccc(C4CC[Si](C)(C)CC4)cc3cc[n+]2C)cc(C2CCCCC2)cc1C1CCCCC1.Cc1cc(C2CCCCC2)cc(-c2c3ccc(C4CC[Si](C)(C)CC4)cc3cc[n+]2C)c1C.Cc1ccc(-c2ccccc2)cc1-c1c2ccc(C3CC[Si](C)(C)CC3)cc2cc[n+]1C.Cc1ccc(C2CCCCC2)cc1-c1c2ccc(C3CC[Si](C)(C)CC3)cc2cc[n+]1C. The number of rotatable bonds is 13. The van der Waals surface area contributed by atoms with Gasteiger partial charge in [0.25, 0.3) is 0 Å². The van der Waals surface area contributed by atoms with Crippen LogP contribution < -0.4 is 18.3 Å². The molecule has 8 heteroatoms. The zero-order valence-electron chi connectivity index (χ0n) is 86.6. The number of fused-ring (bicyclic) bond motifs is 4. The van der Waals surface area contributed by atoms with E-state index in [-0.39, 0.29) is 0 Å². The molecule has 706 valence electrons. The van der Waals surface area contributed by atoms with Crippen molar-refractivity contribution in [3.63, 3.8) is 0 Å². The number of aromatic nitrogens is 4. The highest BCUT2D eigenvalue weighted by atomic mass is 28.3. The summed E-state index contributed by atoms with van der Waals surface area (Å²) >= 11 is 0. The first kappa shape index (κ1) is 96.7. The van der Waals surface area contributed by atoms with Gasteiger partial charge < -0.3 is 0 Å². The normalized spacial score (nSPS) is 19.6. The Labute approximate surface area is 819 Å². The Morgan fingerprint density at radius 3 is 0.844 bits per heavy atom. The molecule has 4 saturated carbocycles. The lowest BCUT2D eigenvalue weighted by molar-refractivity contribution is -0.659. The van der Waals surface area contributed by atoms with E-state index in [2.05, 4.69) is 346 Å². The molecule has 8 aliphatic rings. The fraction of sp³-hybridized carbons (Fsp3) is 0.480. The molecule has 0 N–H and O–H groups in total. The second-order valence-electron chi connectivity index (χ2n) is 47.8. The van der Waals surface area contributed by atoms with Crippen molar-refractivity contribution < 1.29 is 18.3 Å². The van der Waals surface area contributed by atoms with Gasteiger partial charge in [0.05, 0.1) is 38.2 Å². The van der Waals surface area contributed by atoms with Crippen LogP contribution in [0.5, 0.6) is 0 Å². The van der Waals surface area contributed by atoms with Gasteiger partial charge in [-0.3, -0.25) is 0 Å². The third-order valence-electron chi connectivity index (χ3n) is 35.9. The molecule has 4 aliphatic carbocycles. The van der Waals surface area contributed by atoms with Crippen LogP contribution >= 0.6 is 0 Å². The highest BCUT2D eigenvalue weighted by molar-refractivity contribution is 6.78. The summed E-state index contributed by atoms with van der Waals surface area (Å²) in [6.45, 7) is 32.1. The molecular formula is C127H166N4Si4+4. The van der Waals surface area contributed by atoms with Crippen LogP contribution in [0.25, 0.3) is 99.2 Å². The van der Waals surface area contributed by atoms with Crippen molar-refractivity contribution in [3.05, 3.63) is 285 Å². The van der Waals surface area contributed by atoms with Gasteiger partial charge in [0, 0.05) is 62.1 Å². The first-order valence-corrected chi connectivity index (χ1v) is 67.9. The molecule has 0 amide bonds. The molecule has 8 heterocycles. The second kappa shape index (κ2) is 41.9. The number of hydrogen-bond acceptors (Lipinski definition) is 0. The molecule has 21 rings (SSSR count). The Bertz CT molecular complexity index is 6360. The minimum Gasteiger partial charge on any atom is -0.200 e. The van der Waals surface area contributed by atoms with Gasteiger partial charge in [-0.1, -0.05) is 293 Å². The Balaban J connectivity index is 0.000000120. The van der Waals surface area contributed by atoms with Crippen molar-refractivity contribution >= 4 is 75.4 Å². The molecule has 0 unspecified atom stereocenters. The van der Waals surface area contributed by atoms with Crippen LogP contribution in [0.1, 0.15) is 299 Å². The van der Waals surface area contributed by atoms with Gasteiger partial charge in [-0.05, 0) is 338 Å². The minimum absolute atomic E-state index is 0.737. The van der Waals surface area contributed by atoms with Crippen LogP contribution in [0, 0.1) is 34.6 Å². The van der Waals surface area contributed by atoms with E-state index < -0.39 is 32.3 Å². The zero-order chi connectivity index (χ0) is 94.0. The van der Waals surface area contributed by atoms with Crippen molar-refractivity contribution in [1.82, 2.24) is 0 Å². The maximum atomic E-state index is 2.67. The number of hydrogen-bond donors (Lipinski definition) is 0. The van der Waals surface area contributed by atoms with E-state index in [1.807, 2.05) is 0 Å². The molecule has 0 radical (unpaired) electrons. The average molecular weight is 1860 g/mol. The standard InChI is InChI=1S/C36H50NSi.C31H42NSi.C30H40NSi.C30H34NSi/c1-26-34(29-13-9-6-10-14-29)24-32(27-11-7-5-8-12-27)25-35(26)36-33-16-15-30(23-31(33)17-20-37(36)2)28-18-21-38(3,4)22-19-28;1-22-19-28(24-9-7-6-8-10-24)21-30(23(22)2)31-29-12-11-26(20-27(29)13-16-32(31)3)25-14-17-33(4,5)18-15-25;2*1-22-10-11-26(23-8-6-5-7-9-23)21-29(22)30-28-13-12-25(20-27(28)14-17-31(30)2)24-15-18-32(3,4)19-16-24/h15-17,20,23-25,27-29H,5-14,18-19,21-22H2,1-4H3;11-13,16,19-21,24-25H,6-10,14-15,17-18H2,1-5H3;10-14,17,20-21,23-24H,5-9,15-16,18-19H2,1-4H3;5-14,17,20-21,24H,15-16,18-19H2,1-4H3/q4*+1. The number of benzene rings is 9. The molecule has 0 atom stereocenters. The summed E-state index contributed by atoms with van der Waals surface area (Å²) in [7, 11) is 5.20. The van der Waals surface area contributed by atoms with Crippen LogP contribution in [-0.4, -0.2) is 32.3 Å². The predicted octanol–water partition coefficient (Wildman–Crippen LogP) is 35.1. The third kappa shape index (κ3) is 22.2. The summed E-state index contributed by atoms with van der Waals surface area (Å²) < 4.78 is 9.38. The molecule has 0 bridgehead atoms. The minimum atomic E-state index is -0.929. The van der Waals surface area contributed by atoms with Crippen molar-refractivity contribution in [2.75, 3.05) is 0 Å². The molecule has 4 aliphatic heterocycles. The van der Waals surface area contributed by atoms with Gasteiger partial charge in [-0.25, -0.2) is 18.3 Å². The zero-order valence-corrected chi connectivity index (χ0v) is 90.6. The van der Waals surface area contributed by atoms with Gasteiger partial charge in [0.2, 0.25) is 22.8 Å². The van der Waals surface area contributed by atoms with Crippen LogP contribution in [0.15, 0.2) is 213 Å². The van der Waals surface area contributed by atoms with E-state index >= 15 is 0 Å². The third-order valence-corrected chi connectivity index (χ3v) is 49.1. The first-order valence-electron chi connectivity index (χ1n) is 54.3. The van der Waals surface area contributed by atoms with Crippen molar-refractivity contribution in [2.24, 2.45) is 28.2 Å². The van der Waals surface area contributed by atoms with Crippen LogP contribution in [-0.2, 0) is 28.2 Å². The van der Waals surface area contributed by atoms with Gasteiger partial charge in [0.15, 0.2) is 24.8 Å². The molecule has 9 aromatic carbocycles. The van der Waals surface area contributed by atoms with Gasteiger partial charge in [-0.15, -0.1) is 0 Å². The van der Waals surface area contributed by atoms with Gasteiger partial charge in [0.1, 0.15) is 28.2 Å². The second-order valence-corrected chi connectivity index (χ2v) is 69.2. The summed E-state index contributed by atoms with van der Waals surface area (Å²) in [5, 5.41) is 11.2.